The van der Waals surface area contributed by atoms with Gasteiger partial charge in [-0.1, -0.05) is 6.07 Å². The van der Waals surface area contributed by atoms with E-state index >= 15 is 0 Å². The van der Waals surface area contributed by atoms with Gasteiger partial charge in [0.2, 0.25) is 0 Å². The van der Waals surface area contributed by atoms with Crippen LogP contribution in [0.1, 0.15) is 0 Å². The molecular formula is C8H5N3. The first kappa shape index (κ1) is 5.07. The molecule has 0 N–H and O–H groups in total. The number of benzene rings is 1. The highest BCUT2D eigenvalue weighted by molar-refractivity contribution is 5.91. The maximum Gasteiger partial charge on any atom is 0.101 e. The number of aromatic nitrogens is 3. The molecule has 0 amide bonds. The maximum absolute atomic E-state index is 4.20. The van der Waals surface area contributed by atoms with Crippen molar-refractivity contribution in [2.75, 3.05) is 0 Å². The minimum atomic E-state index is 1.01. The van der Waals surface area contributed by atoms with Crippen LogP contribution < -0.4 is 0 Å². The molecule has 0 radical (unpaired) electrons. The van der Waals surface area contributed by atoms with Crippen LogP contribution in [-0.2, 0) is 0 Å². The molecule has 0 atom stereocenters. The topological polar surface area (TPSA) is 30.2 Å². The first-order valence-corrected chi connectivity index (χ1v) is 3.45. The van der Waals surface area contributed by atoms with E-state index in [1.54, 1.807) is 12.7 Å². The van der Waals surface area contributed by atoms with E-state index in [1.165, 1.54) is 0 Å². The highest BCUT2D eigenvalue weighted by atomic mass is 15.0. The van der Waals surface area contributed by atoms with Gasteiger partial charge in [-0.3, -0.25) is 4.40 Å². The summed E-state index contributed by atoms with van der Waals surface area (Å²) in [7, 11) is 0. The van der Waals surface area contributed by atoms with Crippen LogP contribution in [0.4, 0.5) is 0 Å². The van der Waals surface area contributed by atoms with Gasteiger partial charge in [0.15, 0.2) is 0 Å². The number of hydrogen-bond acceptors (Lipinski definition) is 2. The Labute approximate surface area is 62.6 Å². The molecule has 11 heavy (non-hydrogen) atoms. The summed E-state index contributed by atoms with van der Waals surface area (Å²) in [5, 5.41) is 0. The molecule has 0 bridgehead atoms. The largest absolute Gasteiger partial charge is 0.287 e. The van der Waals surface area contributed by atoms with Gasteiger partial charge in [0.1, 0.15) is 12.7 Å². The predicted molar refractivity (Wildman–Crippen MR) is 41.7 cm³/mol. The molecule has 52 valence electrons. The Bertz CT molecular complexity index is 446. The van der Waals surface area contributed by atoms with Crippen molar-refractivity contribution in [2.24, 2.45) is 0 Å². The SMILES string of the molecule is c1cc2ncn3cnc(c1)c23. The first-order valence-electron chi connectivity index (χ1n) is 3.45. The van der Waals surface area contributed by atoms with Crippen molar-refractivity contribution in [1.29, 1.82) is 0 Å². The third kappa shape index (κ3) is 0.487. The lowest BCUT2D eigenvalue weighted by Gasteiger charge is -1.84. The third-order valence-electron chi connectivity index (χ3n) is 1.89. The van der Waals surface area contributed by atoms with Crippen LogP contribution in [0.5, 0.6) is 0 Å². The Morgan fingerprint density at radius 1 is 1.00 bits per heavy atom. The Morgan fingerprint density at radius 2 is 1.64 bits per heavy atom. The summed E-state index contributed by atoms with van der Waals surface area (Å²) in [4.78, 5) is 8.40. The smallest absolute Gasteiger partial charge is 0.101 e. The van der Waals surface area contributed by atoms with Crippen LogP contribution in [0.25, 0.3) is 16.6 Å². The quantitative estimate of drug-likeness (QED) is 0.475. The van der Waals surface area contributed by atoms with E-state index in [2.05, 4.69) is 9.97 Å². The highest BCUT2D eigenvalue weighted by Gasteiger charge is 2.03. The molecule has 1 aromatic carbocycles. The van der Waals surface area contributed by atoms with Crippen molar-refractivity contribution in [2.45, 2.75) is 0 Å². The number of para-hydroxylation sites is 1. The van der Waals surface area contributed by atoms with E-state index in [4.69, 9.17) is 0 Å². The molecule has 0 saturated carbocycles. The van der Waals surface area contributed by atoms with E-state index < -0.39 is 0 Å². The van der Waals surface area contributed by atoms with E-state index in [1.807, 2.05) is 22.6 Å². The Morgan fingerprint density at radius 3 is 2.27 bits per heavy atom. The van der Waals surface area contributed by atoms with Gasteiger partial charge in [0.25, 0.3) is 0 Å². The molecule has 3 aromatic rings. The molecule has 0 aliphatic rings. The van der Waals surface area contributed by atoms with Crippen LogP contribution in [0.2, 0.25) is 0 Å². The third-order valence-corrected chi connectivity index (χ3v) is 1.89. The molecule has 3 nitrogen and oxygen atoms in total. The molecule has 0 aliphatic carbocycles. The van der Waals surface area contributed by atoms with Crippen LogP contribution in [0.3, 0.4) is 0 Å². The summed E-state index contributed by atoms with van der Waals surface area (Å²) in [6.07, 6.45) is 3.56. The number of imidazole rings is 2. The average molecular weight is 143 g/mol. The van der Waals surface area contributed by atoms with Gasteiger partial charge >= 0.3 is 0 Å². The van der Waals surface area contributed by atoms with Crippen LogP contribution in [-0.4, -0.2) is 14.4 Å². The van der Waals surface area contributed by atoms with Gasteiger partial charge in [0.05, 0.1) is 16.6 Å². The molecule has 0 fully saturated rings. The lowest BCUT2D eigenvalue weighted by Crippen LogP contribution is -1.69. The summed E-state index contributed by atoms with van der Waals surface area (Å²) >= 11 is 0. The molecule has 3 heteroatoms. The zero-order valence-electron chi connectivity index (χ0n) is 5.73. The Hall–Kier alpha value is -1.64. The summed E-state index contributed by atoms with van der Waals surface area (Å²) in [6.45, 7) is 0. The monoisotopic (exact) mass is 143 g/mol. The summed E-state index contributed by atoms with van der Waals surface area (Å²) in [5.41, 5.74) is 3.15. The minimum absolute atomic E-state index is 1.01. The summed E-state index contributed by atoms with van der Waals surface area (Å²) in [6, 6.07) is 5.95. The Balaban J connectivity index is 2.83. The van der Waals surface area contributed by atoms with Gasteiger partial charge in [-0.05, 0) is 12.1 Å². The van der Waals surface area contributed by atoms with E-state index in [9.17, 15) is 0 Å². The predicted octanol–water partition coefficient (Wildman–Crippen LogP) is 1.32. The lowest BCUT2D eigenvalue weighted by molar-refractivity contribution is 1.14. The summed E-state index contributed by atoms with van der Waals surface area (Å²) < 4.78 is 1.94. The lowest BCUT2D eigenvalue weighted by atomic mass is 10.3. The fourth-order valence-corrected chi connectivity index (χ4v) is 1.39. The standard InChI is InChI=1S/C8H5N3/c1-2-6-8-7(3-1)10-5-11(8)4-9-6/h1-5H. The van der Waals surface area contributed by atoms with Crippen molar-refractivity contribution < 1.29 is 0 Å². The average Bonchev–Trinajstić information content (AvgIpc) is 2.60. The zero-order valence-corrected chi connectivity index (χ0v) is 5.73. The molecular weight excluding hydrogens is 138 g/mol. The second-order valence-corrected chi connectivity index (χ2v) is 2.54. The summed E-state index contributed by atoms with van der Waals surface area (Å²) in [5.74, 6) is 0. The zero-order chi connectivity index (χ0) is 7.26. The maximum atomic E-state index is 4.20. The fourth-order valence-electron chi connectivity index (χ4n) is 1.39. The number of nitrogens with zero attached hydrogens (tertiary/aromatic N) is 3. The molecule has 2 aromatic heterocycles. The minimum Gasteiger partial charge on any atom is -0.287 e. The second kappa shape index (κ2) is 1.50. The molecule has 0 spiro atoms. The van der Waals surface area contributed by atoms with Gasteiger partial charge in [-0.15, -0.1) is 0 Å². The fraction of sp³-hybridized carbons (Fsp3) is 0. The van der Waals surface area contributed by atoms with E-state index in [-0.39, 0.29) is 0 Å². The van der Waals surface area contributed by atoms with Crippen LogP contribution in [0.15, 0.2) is 30.9 Å². The van der Waals surface area contributed by atoms with Gasteiger partial charge < -0.3 is 0 Å². The molecule has 3 rings (SSSR count). The van der Waals surface area contributed by atoms with Crippen molar-refractivity contribution in [3.63, 3.8) is 0 Å². The van der Waals surface area contributed by atoms with Gasteiger partial charge in [0, 0.05) is 0 Å². The second-order valence-electron chi connectivity index (χ2n) is 2.54. The van der Waals surface area contributed by atoms with Crippen LogP contribution in [0, 0.1) is 0 Å². The van der Waals surface area contributed by atoms with Gasteiger partial charge in [-0.2, -0.15) is 0 Å². The number of hydrogen-bond donors (Lipinski definition) is 0. The highest BCUT2D eigenvalue weighted by Crippen LogP contribution is 2.17. The number of rotatable bonds is 0. The van der Waals surface area contributed by atoms with Crippen molar-refractivity contribution >= 4 is 16.6 Å². The van der Waals surface area contributed by atoms with Crippen molar-refractivity contribution in [3.05, 3.63) is 30.9 Å². The normalized spacial score (nSPS) is 11.6. The van der Waals surface area contributed by atoms with E-state index in [0.29, 0.717) is 0 Å². The van der Waals surface area contributed by atoms with E-state index in [0.717, 1.165) is 16.6 Å². The van der Waals surface area contributed by atoms with Crippen molar-refractivity contribution in [1.82, 2.24) is 14.4 Å². The molecule has 0 saturated heterocycles. The van der Waals surface area contributed by atoms with Crippen LogP contribution >= 0.6 is 0 Å². The molecule has 0 unspecified atom stereocenters. The van der Waals surface area contributed by atoms with Gasteiger partial charge in [-0.25, -0.2) is 9.97 Å². The Kier molecular flexibility index (Phi) is 0.692. The first-order chi connectivity index (χ1) is 5.45. The molecule has 0 aliphatic heterocycles. The molecule has 2 heterocycles. The van der Waals surface area contributed by atoms with Crippen molar-refractivity contribution in [3.8, 4) is 0 Å².